The molecule has 2 fully saturated rings. The zero-order valence-corrected chi connectivity index (χ0v) is 15.3. The van der Waals surface area contributed by atoms with Crippen LogP contribution in [-0.2, 0) is 9.59 Å². The first-order valence-electron chi connectivity index (χ1n) is 9.66. The lowest BCUT2D eigenvalue weighted by Crippen LogP contribution is -2.41. The molecule has 3 aliphatic rings. The van der Waals surface area contributed by atoms with Crippen LogP contribution in [0, 0.1) is 11.8 Å². The van der Waals surface area contributed by atoms with Gasteiger partial charge in [-0.2, -0.15) is 0 Å². The SMILES string of the molecule is CCCOc1ccc(N2C(=O)CC(N3CC4CC=CCC4C3)C2=O)cc1. The molecule has 1 aromatic rings. The van der Waals surface area contributed by atoms with Gasteiger partial charge in [0.1, 0.15) is 5.75 Å². The van der Waals surface area contributed by atoms with Crippen LogP contribution in [0.2, 0.25) is 0 Å². The first-order valence-corrected chi connectivity index (χ1v) is 9.66. The van der Waals surface area contributed by atoms with Crippen LogP contribution >= 0.6 is 0 Å². The van der Waals surface area contributed by atoms with E-state index in [2.05, 4.69) is 24.0 Å². The van der Waals surface area contributed by atoms with Crippen molar-refractivity contribution >= 4 is 17.5 Å². The number of allylic oxidation sites excluding steroid dienone is 2. The summed E-state index contributed by atoms with van der Waals surface area (Å²) in [5, 5.41) is 0. The Morgan fingerprint density at radius 2 is 1.69 bits per heavy atom. The molecule has 2 heterocycles. The number of imide groups is 1. The number of carbonyl (C=O) groups excluding carboxylic acids is 2. The normalized spacial score (nSPS) is 28.7. The van der Waals surface area contributed by atoms with Crippen LogP contribution in [0.15, 0.2) is 36.4 Å². The molecule has 5 nitrogen and oxygen atoms in total. The number of rotatable bonds is 5. The van der Waals surface area contributed by atoms with Gasteiger partial charge in [0.25, 0.3) is 5.91 Å². The molecule has 2 aliphatic heterocycles. The third-order valence-electron chi connectivity index (χ3n) is 5.78. The fraction of sp³-hybridized carbons (Fsp3) is 0.524. The Balaban J connectivity index is 1.46. The molecule has 3 atom stereocenters. The number of hydrogen-bond acceptors (Lipinski definition) is 4. The van der Waals surface area contributed by atoms with E-state index in [-0.39, 0.29) is 17.9 Å². The van der Waals surface area contributed by atoms with Crippen molar-refractivity contribution in [2.24, 2.45) is 11.8 Å². The molecule has 5 heteroatoms. The number of carbonyl (C=O) groups is 2. The Bertz CT molecular complexity index is 696. The van der Waals surface area contributed by atoms with Gasteiger partial charge in [0.05, 0.1) is 24.8 Å². The molecular weight excluding hydrogens is 328 g/mol. The van der Waals surface area contributed by atoms with Crippen LogP contribution in [0.5, 0.6) is 5.75 Å². The van der Waals surface area contributed by atoms with Crippen molar-refractivity contribution in [3.05, 3.63) is 36.4 Å². The van der Waals surface area contributed by atoms with E-state index in [1.165, 1.54) is 4.90 Å². The van der Waals surface area contributed by atoms with E-state index in [1.807, 2.05) is 12.1 Å². The lowest BCUT2D eigenvalue weighted by Gasteiger charge is -2.22. The highest BCUT2D eigenvalue weighted by Crippen LogP contribution is 2.36. The van der Waals surface area contributed by atoms with Gasteiger partial charge in [0, 0.05) is 13.1 Å². The molecule has 0 radical (unpaired) electrons. The minimum absolute atomic E-state index is 0.0798. The Hall–Kier alpha value is -2.14. The third-order valence-corrected chi connectivity index (χ3v) is 5.78. The summed E-state index contributed by atoms with van der Waals surface area (Å²) < 4.78 is 5.58. The summed E-state index contributed by atoms with van der Waals surface area (Å²) in [6, 6.07) is 6.96. The molecule has 3 unspecified atom stereocenters. The van der Waals surface area contributed by atoms with E-state index in [4.69, 9.17) is 4.74 Å². The summed E-state index contributed by atoms with van der Waals surface area (Å²) in [5.74, 6) is 1.85. The Morgan fingerprint density at radius 1 is 1.04 bits per heavy atom. The number of benzene rings is 1. The molecular formula is C21H26N2O3. The number of anilines is 1. The van der Waals surface area contributed by atoms with Gasteiger partial charge in [-0.25, -0.2) is 4.90 Å². The maximum atomic E-state index is 13.0. The second-order valence-electron chi connectivity index (χ2n) is 7.55. The van der Waals surface area contributed by atoms with Crippen molar-refractivity contribution < 1.29 is 14.3 Å². The monoisotopic (exact) mass is 354 g/mol. The van der Waals surface area contributed by atoms with Crippen molar-refractivity contribution in [2.45, 2.75) is 38.6 Å². The Kier molecular flexibility index (Phi) is 4.81. The molecule has 2 saturated heterocycles. The second kappa shape index (κ2) is 7.23. The predicted molar refractivity (Wildman–Crippen MR) is 100 cm³/mol. The molecule has 0 N–H and O–H groups in total. The zero-order chi connectivity index (χ0) is 18.1. The van der Waals surface area contributed by atoms with Crippen LogP contribution in [0.4, 0.5) is 5.69 Å². The van der Waals surface area contributed by atoms with E-state index in [0.29, 0.717) is 30.6 Å². The number of nitrogens with zero attached hydrogens (tertiary/aromatic N) is 2. The van der Waals surface area contributed by atoms with Gasteiger partial charge in [0.15, 0.2) is 0 Å². The van der Waals surface area contributed by atoms with Crippen molar-refractivity contribution in [2.75, 3.05) is 24.6 Å². The average Bonchev–Trinajstić information content (AvgIpc) is 3.21. The summed E-state index contributed by atoms with van der Waals surface area (Å²) in [6.07, 6.45) is 7.93. The minimum atomic E-state index is -0.302. The Morgan fingerprint density at radius 3 is 2.31 bits per heavy atom. The van der Waals surface area contributed by atoms with Crippen molar-refractivity contribution in [1.82, 2.24) is 4.90 Å². The molecule has 26 heavy (non-hydrogen) atoms. The molecule has 1 aliphatic carbocycles. The predicted octanol–water partition coefficient (Wildman–Crippen LogP) is 3.01. The Labute approximate surface area is 154 Å². The number of ether oxygens (including phenoxy) is 1. The summed E-state index contributed by atoms with van der Waals surface area (Å²) in [6.45, 7) is 4.57. The number of hydrogen-bond donors (Lipinski definition) is 0. The van der Waals surface area contributed by atoms with Crippen molar-refractivity contribution in [3.8, 4) is 5.75 Å². The number of likely N-dealkylation sites (tertiary alicyclic amines) is 1. The number of amides is 2. The molecule has 2 amide bonds. The fourth-order valence-electron chi connectivity index (χ4n) is 4.39. The maximum absolute atomic E-state index is 13.0. The molecule has 138 valence electrons. The molecule has 0 aromatic heterocycles. The highest BCUT2D eigenvalue weighted by Gasteiger charge is 2.46. The lowest BCUT2D eigenvalue weighted by atomic mass is 9.86. The van der Waals surface area contributed by atoms with Crippen LogP contribution in [0.3, 0.4) is 0 Å². The van der Waals surface area contributed by atoms with Gasteiger partial charge >= 0.3 is 0 Å². The number of fused-ring (bicyclic) bond motifs is 1. The topological polar surface area (TPSA) is 49.9 Å². The zero-order valence-electron chi connectivity index (χ0n) is 15.3. The lowest BCUT2D eigenvalue weighted by molar-refractivity contribution is -0.122. The maximum Gasteiger partial charge on any atom is 0.251 e. The van der Waals surface area contributed by atoms with Crippen LogP contribution in [0.25, 0.3) is 0 Å². The van der Waals surface area contributed by atoms with Crippen LogP contribution in [-0.4, -0.2) is 42.5 Å². The standard InChI is InChI=1S/C21H26N2O3/c1-2-11-26-18-9-7-17(8-10-18)23-20(24)12-19(21(23)25)22-13-15-5-3-4-6-16(15)14-22/h3-4,7-10,15-16,19H,2,5-6,11-14H2,1H3. The van der Waals surface area contributed by atoms with Gasteiger partial charge in [-0.1, -0.05) is 19.1 Å². The summed E-state index contributed by atoms with van der Waals surface area (Å²) in [4.78, 5) is 29.1. The highest BCUT2D eigenvalue weighted by molar-refractivity contribution is 6.22. The molecule has 0 saturated carbocycles. The highest BCUT2D eigenvalue weighted by atomic mass is 16.5. The van der Waals surface area contributed by atoms with Crippen LogP contribution in [0.1, 0.15) is 32.6 Å². The van der Waals surface area contributed by atoms with Crippen LogP contribution < -0.4 is 9.64 Å². The summed E-state index contributed by atoms with van der Waals surface area (Å²) >= 11 is 0. The smallest absolute Gasteiger partial charge is 0.251 e. The van der Waals surface area contributed by atoms with Crippen molar-refractivity contribution in [1.29, 1.82) is 0 Å². The van der Waals surface area contributed by atoms with E-state index in [1.54, 1.807) is 12.1 Å². The molecule has 1 aromatic carbocycles. The van der Waals surface area contributed by atoms with E-state index in [0.717, 1.165) is 38.1 Å². The molecule has 0 spiro atoms. The van der Waals surface area contributed by atoms with Gasteiger partial charge in [0.2, 0.25) is 5.91 Å². The third kappa shape index (κ3) is 3.16. The van der Waals surface area contributed by atoms with Gasteiger partial charge in [-0.05, 0) is 55.4 Å². The van der Waals surface area contributed by atoms with Gasteiger partial charge in [-0.15, -0.1) is 0 Å². The first-order chi connectivity index (χ1) is 12.7. The van der Waals surface area contributed by atoms with Gasteiger partial charge < -0.3 is 4.74 Å². The van der Waals surface area contributed by atoms with Crippen molar-refractivity contribution in [3.63, 3.8) is 0 Å². The first kappa shape index (κ1) is 17.3. The van der Waals surface area contributed by atoms with E-state index >= 15 is 0 Å². The largest absolute Gasteiger partial charge is 0.494 e. The minimum Gasteiger partial charge on any atom is -0.494 e. The van der Waals surface area contributed by atoms with E-state index < -0.39 is 0 Å². The average molecular weight is 354 g/mol. The molecule has 0 bridgehead atoms. The van der Waals surface area contributed by atoms with Gasteiger partial charge in [-0.3, -0.25) is 14.5 Å². The van der Waals surface area contributed by atoms with E-state index in [9.17, 15) is 9.59 Å². The summed E-state index contributed by atoms with van der Waals surface area (Å²) in [7, 11) is 0. The second-order valence-corrected chi connectivity index (χ2v) is 7.55. The molecule has 4 rings (SSSR count). The summed E-state index contributed by atoms with van der Waals surface area (Å²) in [5.41, 5.74) is 0.643. The fourth-order valence-corrected chi connectivity index (χ4v) is 4.39. The quantitative estimate of drug-likeness (QED) is 0.602.